The molecule has 1 aliphatic heterocycles. The van der Waals surface area contributed by atoms with E-state index >= 15 is 0 Å². The molecule has 0 spiro atoms. The number of allylic oxidation sites excluding steroid dienone is 2. The smallest absolute Gasteiger partial charge is 0.129 e. The van der Waals surface area contributed by atoms with Gasteiger partial charge in [-0.1, -0.05) is 27.5 Å². The summed E-state index contributed by atoms with van der Waals surface area (Å²) < 4.78 is 1.01. The first-order valence-electron chi connectivity index (χ1n) is 2.62. The quantitative estimate of drug-likeness (QED) is 0.476. The van der Waals surface area contributed by atoms with Gasteiger partial charge in [0.25, 0.3) is 0 Å². The van der Waals surface area contributed by atoms with Crippen molar-refractivity contribution in [1.82, 2.24) is 5.32 Å². The Morgan fingerprint density at radius 3 is 2.78 bits per heavy atom. The second-order valence-corrected chi connectivity index (χ2v) is 3.78. The van der Waals surface area contributed by atoms with Crippen LogP contribution in [0.5, 0.6) is 0 Å². The number of nitrogens with one attached hydrogen (secondary N) is 1. The summed E-state index contributed by atoms with van der Waals surface area (Å²) in [5.41, 5.74) is 0. The minimum atomic E-state index is -0.423. The molecule has 0 saturated heterocycles. The van der Waals surface area contributed by atoms with E-state index in [1.165, 1.54) is 0 Å². The van der Waals surface area contributed by atoms with Crippen LogP contribution in [0, 0.1) is 0 Å². The second-order valence-electron chi connectivity index (χ2n) is 2.08. The summed E-state index contributed by atoms with van der Waals surface area (Å²) in [6.45, 7) is 1.89. The zero-order valence-electron chi connectivity index (χ0n) is 4.99. The van der Waals surface area contributed by atoms with Crippen molar-refractivity contribution in [2.45, 2.75) is 11.9 Å². The summed E-state index contributed by atoms with van der Waals surface area (Å²) in [5, 5.41) is 2.97. The molecule has 0 radical (unpaired) electrons. The molecule has 0 saturated carbocycles. The second kappa shape index (κ2) is 2.35. The number of hydrogen-bond acceptors (Lipinski definition) is 1. The number of hydrogen-bond donors (Lipinski definition) is 1. The van der Waals surface area contributed by atoms with Crippen LogP contribution in [0.25, 0.3) is 0 Å². The fraction of sp³-hybridized carbons (Fsp3) is 0.333. The third-order valence-electron chi connectivity index (χ3n) is 1.02. The topological polar surface area (TPSA) is 12.0 Å². The molecule has 0 aromatic carbocycles. The first-order valence-corrected chi connectivity index (χ1v) is 3.79. The van der Waals surface area contributed by atoms with Crippen LogP contribution in [0.1, 0.15) is 6.92 Å². The molecule has 0 aromatic rings. The standard InChI is InChI=1S/C6H7BrClN/c1-6(8)4-5(7)2-3-9-6/h2-4,9H,1H3. The highest BCUT2D eigenvalue weighted by molar-refractivity contribution is 9.11. The lowest BCUT2D eigenvalue weighted by atomic mass is 10.2. The molecule has 1 nitrogen and oxygen atoms in total. The Kier molecular flexibility index (Phi) is 1.87. The maximum absolute atomic E-state index is 5.90. The van der Waals surface area contributed by atoms with Crippen molar-refractivity contribution in [2.75, 3.05) is 0 Å². The van der Waals surface area contributed by atoms with E-state index in [1.54, 1.807) is 0 Å². The molecule has 0 bridgehead atoms. The average molecular weight is 208 g/mol. The molecule has 3 heteroatoms. The Morgan fingerprint density at radius 1 is 1.78 bits per heavy atom. The third kappa shape index (κ3) is 2.03. The van der Waals surface area contributed by atoms with Crippen LogP contribution in [0.4, 0.5) is 0 Å². The van der Waals surface area contributed by atoms with Crippen molar-refractivity contribution in [3.63, 3.8) is 0 Å². The predicted molar refractivity (Wildman–Crippen MR) is 43.5 cm³/mol. The molecule has 0 amide bonds. The zero-order valence-corrected chi connectivity index (χ0v) is 7.33. The first-order chi connectivity index (χ1) is 4.10. The summed E-state index contributed by atoms with van der Waals surface area (Å²) >= 11 is 9.21. The Hall–Kier alpha value is 0.0500. The van der Waals surface area contributed by atoms with Crippen molar-refractivity contribution in [3.05, 3.63) is 22.8 Å². The van der Waals surface area contributed by atoms with Crippen LogP contribution in [0.2, 0.25) is 0 Å². The van der Waals surface area contributed by atoms with Gasteiger partial charge in [-0.2, -0.15) is 0 Å². The molecule has 1 heterocycles. The molecule has 1 N–H and O–H groups in total. The summed E-state index contributed by atoms with van der Waals surface area (Å²) in [4.78, 5) is -0.423. The Bertz CT molecular complexity index is 172. The Morgan fingerprint density at radius 2 is 2.44 bits per heavy atom. The van der Waals surface area contributed by atoms with E-state index in [0.717, 1.165) is 4.48 Å². The summed E-state index contributed by atoms with van der Waals surface area (Å²) in [5.74, 6) is 0. The summed E-state index contributed by atoms with van der Waals surface area (Å²) in [7, 11) is 0. The monoisotopic (exact) mass is 207 g/mol. The van der Waals surface area contributed by atoms with E-state index in [2.05, 4.69) is 21.2 Å². The predicted octanol–water partition coefficient (Wildman–Crippen LogP) is 2.34. The van der Waals surface area contributed by atoms with Gasteiger partial charge in [-0.25, -0.2) is 0 Å². The van der Waals surface area contributed by atoms with Crippen LogP contribution >= 0.6 is 27.5 Å². The van der Waals surface area contributed by atoms with Crippen molar-refractivity contribution >= 4 is 27.5 Å². The lowest BCUT2D eigenvalue weighted by molar-refractivity contribution is 0.685. The molecule has 1 unspecified atom stereocenters. The van der Waals surface area contributed by atoms with Gasteiger partial charge in [0.2, 0.25) is 0 Å². The van der Waals surface area contributed by atoms with E-state index in [1.807, 2.05) is 25.3 Å². The van der Waals surface area contributed by atoms with Gasteiger partial charge in [0.1, 0.15) is 5.00 Å². The highest BCUT2D eigenvalue weighted by Crippen LogP contribution is 2.21. The van der Waals surface area contributed by atoms with Gasteiger partial charge in [-0.15, -0.1) is 0 Å². The van der Waals surface area contributed by atoms with Crippen LogP contribution in [0.3, 0.4) is 0 Å². The molecule has 1 atom stereocenters. The fourth-order valence-corrected chi connectivity index (χ4v) is 1.54. The number of dihydropyridines is 1. The van der Waals surface area contributed by atoms with Crippen LogP contribution in [-0.4, -0.2) is 5.00 Å². The van der Waals surface area contributed by atoms with Crippen LogP contribution < -0.4 is 5.32 Å². The number of rotatable bonds is 0. The van der Waals surface area contributed by atoms with Gasteiger partial charge in [-0.3, -0.25) is 0 Å². The van der Waals surface area contributed by atoms with Crippen LogP contribution in [-0.2, 0) is 0 Å². The van der Waals surface area contributed by atoms with Crippen LogP contribution in [0.15, 0.2) is 22.8 Å². The summed E-state index contributed by atoms with van der Waals surface area (Å²) in [6, 6.07) is 0. The van der Waals surface area contributed by atoms with Gasteiger partial charge in [0, 0.05) is 4.48 Å². The minimum absolute atomic E-state index is 0.423. The molecule has 0 fully saturated rings. The van der Waals surface area contributed by atoms with Gasteiger partial charge < -0.3 is 5.32 Å². The molecular weight excluding hydrogens is 201 g/mol. The van der Waals surface area contributed by atoms with Gasteiger partial charge >= 0.3 is 0 Å². The fourth-order valence-electron chi connectivity index (χ4n) is 0.633. The Labute approximate surface area is 67.9 Å². The van der Waals surface area contributed by atoms with E-state index in [9.17, 15) is 0 Å². The lowest BCUT2D eigenvalue weighted by Crippen LogP contribution is -2.31. The van der Waals surface area contributed by atoms with E-state index in [-0.39, 0.29) is 0 Å². The number of halogens is 2. The zero-order chi connectivity index (χ0) is 6.91. The van der Waals surface area contributed by atoms with Crippen molar-refractivity contribution in [1.29, 1.82) is 0 Å². The van der Waals surface area contributed by atoms with E-state index < -0.39 is 5.00 Å². The minimum Gasteiger partial charge on any atom is -0.370 e. The molecular formula is C6H7BrClN. The molecule has 1 aliphatic rings. The first kappa shape index (κ1) is 7.16. The third-order valence-corrected chi connectivity index (χ3v) is 1.73. The largest absolute Gasteiger partial charge is 0.370 e. The molecule has 1 rings (SSSR count). The van der Waals surface area contributed by atoms with Crippen molar-refractivity contribution < 1.29 is 0 Å². The maximum atomic E-state index is 5.90. The van der Waals surface area contributed by atoms with Gasteiger partial charge in [-0.05, 0) is 25.3 Å². The SMILES string of the molecule is CC1(Cl)C=C(Br)C=CN1. The summed E-state index contributed by atoms with van der Waals surface area (Å²) in [6.07, 6.45) is 5.62. The van der Waals surface area contributed by atoms with Crippen molar-refractivity contribution in [3.8, 4) is 0 Å². The highest BCUT2D eigenvalue weighted by Gasteiger charge is 2.16. The van der Waals surface area contributed by atoms with E-state index in [4.69, 9.17) is 11.6 Å². The lowest BCUT2D eigenvalue weighted by Gasteiger charge is -2.21. The normalized spacial score (nSPS) is 33.4. The highest BCUT2D eigenvalue weighted by atomic mass is 79.9. The maximum Gasteiger partial charge on any atom is 0.129 e. The Balaban J connectivity index is 2.78. The van der Waals surface area contributed by atoms with Crippen molar-refractivity contribution in [2.24, 2.45) is 0 Å². The molecule has 50 valence electrons. The average Bonchev–Trinajstić information content (AvgIpc) is 1.60. The molecule has 0 aliphatic carbocycles. The van der Waals surface area contributed by atoms with Gasteiger partial charge in [0.05, 0.1) is 0 Å². The van der Waals surface area contributed by atoms with Gasteiger partial charge in [0.15, 0.2) is 0 Å². The number of alkyl halides is 1. The molecule has 0 aromatic heterocycles. The molecule has 9 heavy (non-hydrogen) atoms. The van der Waals surface area contributed by atoms with E-state index in [0.29, 0.717) is 0 Å².